The van der Waals surface area contributed by atoms with E-state index in [4.69, 9.17) is 23.2 Å². The Hall–Kier alpha value is -1.37. The SMILES string of the molecule is CCn1cncc1CNc1c(Cl)cc(Cl)c2nsnc12. The first-order valence-corrected chi connectivity index (χ1v) is 7.52. The molecule has 0 aliphatic heterocycles. The highest BCUT2D eigenvalue weighted by Gasteiger charge is 2.14. The van der Waals surface area contributed by atoms with E-state index in [2.05, 4.69) is 30.5 Å². The van der Waals surface area contributed by atoms with Crippen molar-refractivity contribution in [1.82, 2.24) is 18.3 Å². The predicted octanol–water partition coefficient (Wildman–Crippen LogP) is 3.83. The number of nitrogens with one attached hydrogen (secondary N) is 1. The van der Waals surface area contributed by atoms with Crippen LogP contribution in [0.5, 0.6) is 0 Å². The van der Waals surface area contributed by atoms with Gasteiger partial charge in [0.05, 0.1) is 46.0 Å². The molecule has 0 fully saturated rings. The highest BCUT2D eigenvalue weighted by atomic mass is 35.5. The van der Waals surface area contributed by atoms with Crippen LogP contribution in [-0.2, 0) is 13.1 Å². The molecule has 2 heterocycles. The second-order valence-corrected chi connectivity index (χ2v) is 5.54. The summed E-state index contributed by atoms with van der Waals surface area (Å²) in [6, 6.07) is 1.69. The third-order valence-corrected chi connectivity index (χ3v) is 4.14. The van der Waals surface area contributed by atoms with Gasteiger partial charge in [-0.25, -0.2) is 4.98 Å². The fourth-order valence-corrected chi connectivity index (χ4v) is 3.18. The van der Waals surface area contributed by atoms with Crippen LogP contribution in [0.15, 0.2) is 18.6 Å². The summed E-state index contributed by atoms with van der Waals surface area (Å²) in [7, 11) is 0. The predicted molar refractivity (Wildman–Crippen MR) is 82.7 cm³/mol. The van der Waals surface area contributed by atoms with Gasteiger partial charge in [0.15, 0.2) is 0 Å². The van der Waals surface area contributed by atoms with E-state index in [1.54, 1.807) is 12.4 Å². The number of fused-ring (bicyclic) bond motifs is 1. The molecule has 104 valence electrons. The molecule has 0 atom stereocenters. The fraction of sp³-hybridized carbons (Fsp3) is 0.250. The molecule has 8 heteroatoms. The number of aromatic nitrogens is 4. The normalized spacial score (nSPS) is 11.2. The summed E-state index contributed by atoms with van der Waals surface area (Å²) in [6.07, 6.45) is 3.64. The summed E-state index contributed by atoms with van der Waals surface area (Å²) >= 11 is 13.5. The van der Waals surface area contributed by atoms with Crippen molar-refractivity contribution in [1.29, 1.82) is 0 Å². The number of halogens is 2. The molecule has 20 heavy (non-hydrogen) atoms. The fourth-order valence-electron chi connectivity index (χ4n) is 2.00. The van der Waals surface area contributed by atoms with Gasteiger partial charge in [0.1, 0.15) is 11.0 Å². The van der Waals surface area contributed by atoms with Gasteiger partial charge >= 0.3 is 0 Å². The summed E-state index contributed by atoms with van der Waals surface area (Å²) in [5, 5.41) is 4.36. The molecular weight excluding hydrogens is 317 g/mol. The van der Waals surface area contributed by atoms with E-state index in [0.29, 0.717) is 27.6 Å². The number of nitrogens with zero attached hydrogens (tertiary/aromatic N) is 4. The summed E-state index contributed by atoms with van der Waals surface area (Å²) in [5.74, 6) is 0. The number of hydrogen-bond donors (Lipinski definition) is 1. The first kappa shape index (κ1) is 13.6. The van der Waals surface area contributed by atoms with E-state index in [0.717, 1.165) is 29.7 Å². The van der Waals surface area contributed by atoms with Gasteiger partial charge < -0.3 is 9.88 Å². The number of hydrogen-bond acceptors (Lipinski definition) is 5. The molecule has 0 spiro atoms. The van der Waals surface area contributed by atoms with Gasteiger partial charge in [-0.3, -0.25) is 0 Å². The molecule has 1 aromatic carbocycles. The average molecular weight is 328 g/mol. The number of benzene rings is 1. The lowest BCUT2D eigenvalue weighted by molar-refractivity contribution is 0.720. The first-order chi connectivity index (χ1) is 9.70. The van der Waals surface area contributed by atoms with Crippen molar-refractivity contribution in [2.24, 2.45) is 0 Å². The van der Waals surface area contributed by atoms with Crippen molar-refractivity contribution in [3.8, 4) is 0 Å². The molecule has 0 saturated heterocycles. The Morgan fingerprint density at radius 1 is 1.25 bits per heavy atom. The smallest absolute Gasteiger partial charge is 0.130 e. The zero-order valence-electron chi connectivity index (χ0n) is 10.6. The van der Waals surface area contributed by atoms with Crippen molar-refractivity contribution >= 4 is 51.7 Å². The van der Waals surface area contributed by atoms with Crippen molar-refractivity contribution < 1.29 is 0 Å². The molecular formula is C12H11Cl2N5S. The lowest BCUT2D eigenvalue weighted by Crippen LogP contribution is -2.06. The molecule has 1 N–H and O–H groups in total. The Balaban J connectivity index is 1.93. The number of imidazole rings is 1. The molecule has 3 rings (SSSR count). The standard InChI is InChI=1S/C12H11Cl2N5S/c1-2-19-6-15-4-7(19)5-16-10-8(13)3-9(14)11-12(10)18-20-17-11/h3-4,6,16H,2,5H2,1H3. The maximum absolute atomic E-state index is 6.25. The van der Waals surface area contributed by atoms with Gasteiger partial charge in [-0.2, -0.15) is 8.75 Å². The topological polar surface area (TPSA) is 55.6 Å². The Bertz CT molecular complexity index is 751. The molecule has 2 aromatic heterocycles. The number of aryl methyl sites for hydroxylation is 1. The highest BCUT2D eigenvalue weighted by molar-refractivity contribution is 7.00. The molecule has 3 aromatic rings. The van der Waals surface area contributed by atoms with Crippen LogP contribution in [0.1, 0.15) is 12.6 Å². The van der Waals surface area contributed by atoms with Gasteiger partial charge in [0, 0.05) is 12.7 Å². The number of rotatable bonds is 4. The molecule has 5 nitrogen and oxygen atoms in total. The highest BCUT2D eigenvalue weighted by Crippen LogP contribution is 2.35. The second-order valence-electron chi connectivity index (χ2n) is 4.20. The van der Waals surface area contributed by atoms with Crippen LogP contribution in [0.4, 0.5) is 5.69 Å². The van der Waals surface area contributed by atoms with Crippen molar-refractivity contribution in [2.45, 2.75) is 20.0 Å². The van der Waals surface area contributed by atoms with E-state index < -0.39 is 0 Å². The number of anilines is 1. The van der Waals surface area contributed by atoms with E-state index in [-0.39, 0.29) is 0 Å². The maximum atomic E-state index is 6.25. The Kier molecular flexibility index (Phi) is 3.78. The van der Waals surface area contributed by atoms with Crippen molar-refractivity contribution in [2.75, 3.05) is 5.32 Å². The van der Waals surface area contributed by atoms with Crippen LogP contribution < -0.4 is 5.32 Å². The van der Waals surface area contributed by atoms with Gasteiger partial charge in [0.25, 0.3) is 0 Å². The molecule has 0 aliphatic carbocycles. The van der Waals surface area contributed by atoms with Crippen LogP contribution in [-0.4, -0.2) is 18.3 Å². The summed E-state index contributed by atoms with van der Waals surface area (Å²) in [5.41, 5.74) is 3.21. The van der Waals surface area contributed by atoms with Gasteiger partial charge in [-0.1, -0.05) is 23.2 Å². The molecule has 0 unspecified atom stereocenters. The van der Waals surface area contributed by atoms with Crippen molar-refractivity contribution in [3.05, 3.63) is 34.3 Å². The zero-order chi connectivity index (χ0) is 14.1. The molecule has 0 radical (unpaired) electrons. The second kappa shape index (κ2) is 5.55. The third-order valence-electron chi connectivity index (χ3n) is 3.03. The van der Waals surface area contributed by atoms with Crippen LogP contribution in [0.3, 0.4) is 0 Å². The van der Waals surface area contributed by atoms with E-state index >= 15 is 0 Å². The zero-order valence-corrected chi connectivity index (χ0v) is 12.9. The minimum Gasteiger partial charge on any atom is -0.376 e. The monoisotopic (exact) mass is 327 g/mol. The average Bonchev–Trinajstić information content (AvgIpc) is 3.06. The van der Waals surface area contributed by atoms with Crippen LogP contribution >= 0.6 is 34.9 Å². The van der Waals surface area contributed by atoms with Gasteiger partial charge in [-0.05, 0) is 13.0 Å². The quantitative estimate of drug-likeness (QED) is 0.791. The minimum atomic E-state index is 0.517. The Labute approximate surface area is 129 Å². The van der Waals surface area contributed by atoms with Crippen LogP contribution in [0, 0.1) is 0 Å². The molecule has 0 saturated carbocycles. The van der Waals surface area contributed by atoms with Gasteiger partial charge in [0.2, 0.25) is 0 Å². The maximum Gasteiger partial charge on any atom is 0.130 e. The summed E-state index contributed by atoms with van der Waals surface area (Å²) in [4.78, 5) is 4.14. The lowest BCUT2D eigenvalue weighted by Gasteiger charge is -2.10. The van der Waals surface area contributed by atoms with Crippen molar-refractivity contribution in [3.63, 3.8) is 0 Å². The molecule has 0 amide bonds. The van der Waals surface area contributed by atoms with Gasteiger partial charge in [-0.15, -0.1) is 0 Å². The minimum absolute atomic E-state index is 0.517. The molecule has 0 bridgehead atoms. The molecule has 0 aliphatic rings. The third kappa shape index (κ3) is 2.34. The Morgan fingerprint density at radius 2 is 2.05 bits per heavy atom. The lowest BCUT2D eigenvalue weighted by atomic mass is 10.2. The Morgan fingerprint density at radius 3 is 2.85 bits per heavy atom. The summed E-state index contributed by atoms with van der Waals surface area (Å²) in [6.45, 7) is 3.56. The first-order valence-electron chi connectivity index (χ1n) is 6.03. The van der Waals surface area contributed by atoms with E-state index in [9.17, 15) is 0 Å². The largest absolute Gasteiger partial charge is 0.376 e. The van der Waals surface area contributed by atoms with E-state index in [1.807, 2.05) is 6.20 Å². The van der Waals surface area contributed by atoms with E-state index in [1.165, 1.54) is 0 Å². The summed E-state index contributed by atoms with van der Waals surface area (Å²) < 4.78 is 10.5. The van der Waals surface area contributed by atoms with Crippen LogP contribution in [0.25, 0.3) is 11.0 Å². The van der Waals surface area contributed by atoms with Crippen LogP contribution in [0.2, 0.25) is 10.0 Å².